The maximum absolute atomic E-state index is 2.61. The van der Waals surface area contributed by atoms with Gasteiger partial charge < -0.3 is 9.80 Å². The molecular formula is C14H24N2S2. The fourth-order valence-electron chi connectivity index (χ4n) is 2.22. The normalized spacial score (nSPS) is 20.1. The van der Waals surface area contributed by atoms with Crippen molar-refractivity contribution in [2.24, 2.45) is 0 Å². The number of hydrogen-bond donors (Lipinski definition) is 0. The van der Waals surface area contributed by atoms with Gasteiger partial charge in [-0.2, -0.15) is 11.8 Å². The van der Waals surface area contributed by atoms with Gasteiger partial charge in [0.05, 0.1) is 0 Å². The second-order valence-electron chi connectivity index (χ2n) is 5.03. The fraction of sp³-hybridized carbons (Fsp3) is 0.714. The highest BCUT2D eigenvalue weighted by molar-refractivity contribution is 7.99. The highest BCUT2D eigenvalue weighted by Gasteiger charge is 2.13. The Morgan fingerprint density at radius 2 is 2.11 bits per heavy atom. The van der Waals surface area contributed by atoms with E-state index in [-0.39, 0.29) is 0 Å². The topological polar surface area (TPSA) is 6.48 Å². The summed E-state index contributed by atoms with van der Waals surface area (Å²) in [5.74, 6) is 1.28. The maximum atomic E-state index is 2.61. The van der Waals surface area contributed by atoms with E-state index >= 15 is 0 Å². The third kappa shape index (κ3) is 4.57. The summed E-state index contributed by atoms with van der Waals surface area (Å²) in [5, 5.41) is 2.84. The van der Waals surface area contributed by atoms with Crippen LogP contribution in [0.4, 0.5) is 0 Å². The molecular weight excluding hydrogens is 260 g/mol. The fourth-order valence-corrected chi connectivity index (χ4v) is 4.15. The van der Waals surface area contributed by atoms with Crippen molar-refractivity contribution in [2.45, 2.75) is 18.6 Å². The average molecular weight is 284 g/mol. The van der Waals surface area contributed by atoms with Crippen LogP contribution in [0, 0.1) is 0 Å². The first-order valence-corrected chi connectivity index (χ1v) is 8.74. The quantitative estimate of drug-likeness (QED) is 0.741. The van der Waals surface area contributed by atoms with E-state index in [4.69, 9.17) is 0 Å². The lowest BCUT2D eigenvalue weighted by Gasteiger charge is -2.32. The SMILES string of the molecule is CC(SCCCN1CCN(C)CC1)c1cccs1. The zero-order valence-electron chi connectivity index (χ0n) is 11.5. The van der Waals surface area contributed by atoms with Gasteiger partial charge in [0.2, 0.25) is 0 Å². The molecule has 0 aliphatic carbocycles. The van der Waals surface area contributed by atoms with Gasteiger partial charge >= 0.3 is 0 Å². The summed E-state index contributed by atoms with van der Waals surface area (Å²) in [5.41, 5.74) is 0. The van der Waals surface area contributed by atoms with E-state index in [0.29, 0.717) is 5.25 Å². The number of thiophene rings is 1. The highest BCUT2D eigenvalue weighted by Crippen LogP contribution is 2.31. The van der Waals surface area contributed by atoms with Crippen molar-refractivity contribution in [1.82, 2.24) is 9.80 Å². The molecule has 0 radical (unpaired) electrons. The molecule has 1 aliphatic heterocycles. The Balaban J connectivity index is 1.56. The minimum atomic E-state index is 0.664. The molecule has 2 nitrogen and oxygen atoms in total. The number of likely N-dealkylation sites (N-methyl/N-ethyl adjacent to an activating group) is 1. The summed E-state index contributed by atoms with van der Waals surface area (Å²) in [6, 6.07) is 4.41. The van der Waals surface area contributed by atoms with Gasteiger partial charge in [-0.1, -0.05) is 6.07 Å². The number of nitrogens with zero attached hydrogens (tertiary/aromatic N) is 2. The lowest BCUT2D eigenvalue weighted by Crippen LogP contribution is -2.44. The van der Waals surface area contributed by atoms with Gasteiger partial charge in [0.15, 0.2) is 0 Å². The minimum Gasteiger partial charge on any atom is -0.304 e. The molecule has 0 N–H and O–H groups in total. The van der Waals surface area contributed by atoms with Crippen LogP contribution in [0.1, 0.15) is 23.5 Å². The molecule has 1 unspecified atom stereocenters. The van der Waals surface area contributed by atoms with Crippen LogP contribution >= 0.6 is 23.1 Å². The van der Waals surface area contributed by atoms with Crippen LogP contribution in [0.3, 0.4) is 0 Å². The van der Waals surface area contributed by atoms with Crippen LogP contribution in [-0.2, 0) is 0 Å². The molecule has 1 atom stereocenters. The molecule has 18 heavy (non-hydrogen) atoms. The van der Waals surface area contributed by atoms with E-state index < -0.39 is 0 Å². The van der Waals surface area contributed by atoms with E-state index in [0.717, 1.165) is 0 Å². The molecule has 4 heteroatoms. The van der Waals surface area contributed by atoms with Crippen LogP contribution in [0.5, 0.6) is 0 Å². The first kappa shape index (κ1) is 14.4. The Hall–Kier alpha value is -0.0300. The molecule has 0 bridgehead atoms. The average Bonchev–Trinajstić information content (AvgIpc) is 2.90. The van der Waals surface area contributed by atoms with Gasteiger partial charge in [0, 0.05) is 36.3 Å². The second kappa shape index (κ2) is 7.53. The van der Waals surface area contributed by atoms with Crippen molar-refractivity contribution < 1.29 is 0 Å². The van der Waals surface area contributed by atoms with E-state index in [2.05, 4.69) is 53.0 Å². The number of piperazine rings is 1. The van der Waals surface area contributed by atoms with Crippen LogP contribution in [-0.4, -0.2) is 55.3 Å². The molecule has 0 aromatic carbocycles. The number of hydrogen-bond acceptors (Lipinski definition) is 4. The number of rotatable bonds is 6. The minimum absolute atomic E-state index is 0.664. The maximum Gasteiger partial charge on any atom is 0.0363 e. The van der Waals surface area contributed by atoms with Crippen molar-refractivity contribution >= 4 is 23.1 Å². The monoisotopic (exact) mass is 284 g/mol. The Kier molecular flexibility index (Phi) is 6.02. The van der Waals surface area contributed by atoms with Crippen molar-refractivity contribution in [3.63, 3.8) is 0 Å². The Morgan fingerprint density at radius 1 is 1.33 bits per heavy atom. The molecule has 1 fully saturated rings. The van der Waals surface area contributed by atoms with Gasteiger partial charge in [-0.05, 0) is 44.1 Å². The largest absolute Gasteiger partial charge is 0.304 e. The van der Waals surface area contributed by atoms with E-state index in [1.54, 1.807) is 0 Å². The van der Waals surface area contributed by atoms with Crippen molar-refractivity contribution in [3.05, 3.63) is 22.4 Å². The third-order valence-corrected chi connectivity index (χ3v) is 6.01. The Labute approximate surface area is 119 Å². The molecule has 1 aliphatic rings. The molecule has 2 rings (SSSR count). The summed E-state index contributed by atoms with van der Waals surface area (Å²) < 4.78 is 0. The highest BCUT2D eigenvalue weighted by atomic mass is 32.2. The predicted molar refractivity (Wildman–Crippen MR) is 83.7 cm³/mol. The van der Waals surface area contributed by atoms with Crippen molar-refractivity contribution in [1.29, 1.82) is 0 Å². The predicted octanol–water partition coefficient (Wildman–Crippen LogP) is 3.18. The second-order valence-corrected chi connectivity index (χ2v) is 7.45. The molecule has 0 amide bonds. The van der Waals surface area contributed by atoms with Crippen LogP contribution < -0.4 is 0 Å². The summed E-state index contributed by atoms with van der Waals surface area (Å²) in [6.45, 7) is 8.57. The standard InChI is InChI=1S/C14H24N2S2/c1-13(14-5-3-11-18-14)17-12-4-6-16-9-7-15(2)8-10-16/h3,5,11,13H,4,6-10,12H2,1-2H3. The first-order valence-electron chi connectivity index (χ1n) is 6.81. The summed E-state index contributed by atoms with van der Waals surface area (Å²) in [6.07, 6.45) is 1.32. The van der Waals surface area contributed by atoms with E-state index in [9.17, 15) is 0 Å². The summed E-state index contributed by atoms with van der Waals surface area (Å²) >= 11 is 3.98. The van der Waals surface area contributed by atoms with E-state index in [1.807, 2.05) is 11.3 Å². The molecule has 0 spiro atoms. The molecule has 102 valence electrons. The van der Waals surface area contributed by atoms with Gasteiger partial charge in [-0.3, -0.25) is 0 Å². The lowest BCUT2D eigenvalue weighted by atomic mass is 10.3. The van der Waals surface area contributed by atoms with Crippen molar-refractivity contribution in [3.8, 4) is 0 Å². The van der Waals surface area contributed by atoms with Gasteiger partial charge in [-0.25, -0.2) is 0 Å². The van der Waals surface area contributed by atoms with E-state index in [1.165, 1.54) is 49.8 Å². The number of thioether (sulfide) groups is 1. The first-order chi connectivity index (χ1) is 8.75. The lowest BCUT2D eigenvalue weighted by molar-refractivity contribution is 0.154. The zero-order valence-corrected chi connectivity index (χ0v) is 13.1. The molecule has 0 saturated carbocycles. The molecule has 1 saturated heterocycles. The third-order valence-electron chi connectivity index (χ3n) is 3.53. The Bertz CT molecular complexity index is 319. The van der Waals surface area contributed by atoms with Gasteiger partial charge in [-0.15, -0.1) is 11.3 Å². The van der Waals surface area contributed by atoms with Crippen LogP contribution in [0.25, 0.3) is 0 Å². The van der Waals surface area contributed by atoms with Gasteiger partial charge in [0.25, 0.3) is 0 Å². The Morgan fingerprint density at radius 3 is 2.78 bits per heavy atom. The van der Waals surface area contributed by atoms with Crippen molar-refractivity contribution in [2.75, 3.05) is 45.5 Å². The smallest absolute Gasteiger partial charge is 0.0363 e. The summed E-state index contributed by atoms with van der Waals surface area (Å²) in [4.78, 5) is 6.54. The zero-order chi connectivity index (χ0) is 12.8. The molecule has 1 aromatic rings. The van der Waals surface area contributed by atoms with Gasteiger partial charge in [0.1, 0.15) is 0 Å². The molecule has 2 heterocycles. The van der Waals surface area contributed by atoms with Crippen LogP contribution in [0.15, 0.2) is 17.5 Å². The molecule has 1 aromatic heterocycles. The van der Waals surface area contributed by atoms with Crippen LogP contribution in [0.2, 0.25) is 0 Å². The summed E-state index contributed by atoms with van der Waals surface area (Å²) in [7, 11) is 2.22.